The van der Waals surface area contributed by atoms with Gasteiger partial charge in [-0.1, -0.05) is 168 Å². The Morgan fingerprint density at radius 2 is 1.04 bits per heavy atom. The van der Waals surface area contributed by atoms with Crippen LogP contribution in [0.3, 0.4) is 0 Å². The summed E-state index contributed by atoms with van der Waals surface area (Å²) in [7, 11) is 1.17. The van der Waals surface area contributed by atoms with Crippen molar-refractivity contribution in [3.8, 4) is 0 Å². The molecule has 0 saturated carbocycles. The van der Waals surface area contributed by atoms with Gasteiger partial charge in [-0.25, -0.2) is 0 Å². The first kappa shape index (κ1) is 50.0. The van der Waals surface area contributed by atoms with Crippen LogP contribution in [0.2, 0.25) is 0 Å². The summed E-state index contributed by atoms with van der Waals surface area (Å²) >= 11 is 0. The largest absolute Gasteiger partial charge is 0.756 e. The first-order valence-corrected chi connectivity index (χ1v) is 22.6. The van der Waals surface area contributed by atoms with Crippen LogP contribution in [0, 0.1) is 5.92 Å². The molecule has 0 amide bonds. The van der Waals surface area contributed by atoms with E-state index >= 15 is 0 Å². The molecular formula is C41H82NO8P. The van der Waals surface area contributed by atoms with Crippen LogP contribution in [0.15, 0.2) is 0 Å². The van der Waals surface area contributed by atoms with Gasteiger partial charge >= 0.3 is 11.9 Å². The molecule has 0 heterocycles. The van der Waals surface area contributed by atoms with Gasteiger partial charge in [-0.15, -0.1) is 0 Å². The lowest BCUT2D eigenvalue weighted by atomic mass is 9.97. The predicted octanol–water partition coefficient (Wildman–Crippen LogP) is 10.9. The molecule has 10 heteroatoms. The fraction of sp³-hybridized carbons (Fsp3) is 0.951. The molecular weight excluding hydrogens is 665 g/mol. The number of esters is 2. The highest BCUT2D eigenvalue weighted by Gasteiger charge is 2.22. The molecule has 51 heavy (non-hydrogen) atoms. The van der Waals surface area contributed by atoms with E-state index in [0.717, 1.165) is 25.7 Å². The van der Waals surface area contributed by atoms with Crippen molar-refractivity contribution in [1.82, 2.24) is 0 Å². The molecule has 0 aliphatic carbocycles. The monoisotopic (exact) mass is 748 g/mol. The van der Waals surface area contributed by atoms with E-state index in [2.05, 4.69) is 20.8 Å². The van der Waals surface area contributed by atoms with Crippen LogP contribution >= 0.6 is 7.82 Å². The second-order valence-corrected chi connectivity index (χ2v) is 17.4. The number of ether oxygens (including phenoxy) is 2. The average Bonchev–Trinajstić information content (AvgIpc) is 3.07. The molecule has 0 bridgehead atoms. The maximum Gasteiger partial charge on any atom is 0.306 e. The maximum atomic E-state index is 12.7. The molecule has 0 rings (SSSR count). The van der Waals surface area contributed by atoms with Crippen molar-refractivity contribution < 1.29 is 42.1 Å². The summed E-state index contributed by atoms with van der Waals surface area (Å²) in [6.45, 7) is 6.40. The summed E-state index contributed by atoms with van der Waals surface area (Å²) in [5.74, 6) is -0.412. The second kappa shape index (κ2) is 33.6. The van der Waals surface area contributed by atoms with E-state index < -0.39 is 26.5 Å². The van der Waals surface area contributed by atoms with Gasteiger partial charge in [-0.3, -0.25) is 14.2 Å². The van der Waals surface area contributed by atoms with Gasteiger partial charge in [0.25, 0.3) is 7.82 Å². The highest BCUT2D eigenvalue weighted by Crippen LogP contribution is 2.38. The Kier molecular flexibility index (Phi) is 32.9. The van der Waals surface area contributed by atoms with E-state index in [1.54, 1.807) is 0 Å². The summed E-state index contributed by atoms with van der Waals surface area (Å²) in [6, 6.07) is 0. The molecule has 0 aromatic rings. The number of nitrogens with zero attached hydrogens (tertiary/aromatic N) is 1. The van der Waals surface area contributed by atoms with Crippen molar-refractivity contribution in [2.24, 2.45) is 5.92 Å². The van der Waals surface area contributed by atoms with Crippen molar-refractivity contribution in [3.05, 3.63) is 0 Å². The van der Waals surface area contributed by atoms with Gasteiger partial charge < -0.3 is 27.9 Å². The Bertz CT molecular complexity index is 865. The topological polar surface area (TPSA) is 111 Å². The standard InChI is InChI=1S/C41H82NO8P/c1-7-9-11-13-15-17-19-20-21-23-25-27-29-31-41(44)50-39(37-49-51(45,46)48-35-34-42(4,5)6)36-47-40(43)33-32-38(3)30-28-26-24-22-18-16-14-12-10-8-2/h38-39H,7-37H2,1-6H3/t38?,39-/m1/s1. The lowest BCUT2D eigenvalue weighted by Gasteiger charge is -2.28. The van der Waals surface area contributed by atoms with Crippen LogP contribution in [0.1, 0.15) is 194 Å². The summed E-state index contributed by atoms with van der Waals surface area (Å²) in [6.07, 6.45) is 30.1. The molecule has 0 fully saturated rings. The van der Waals surface area contributed by atoms with E-state index in [1.807, 2.05) is 21.1 Å². The van der Waals surface area contributed by atoms with E-state index in [1.165, 1.54) is 128 Å². The third-order valence-corrected chi connectivity index (χ3v) is 10.5. The van der Waals surface area contributed by atoms with Crippen molar-refractivity contribution in [3.63, 3.8) is 0 Å². The zero-order valence-electron chi connectivity index (χ0n) is 34.2. The molecule has 3 atom stereocenters. The highest BCUT2D eigenvalue weighted by atomic mass is 31.2. The number of hydrogen-bond donors (Lipinski definition) is 0. The van der Waals surface area contributed by atoms with E-state index in [4.69, 9.17) is 18.5 Å². The van der Waals surface area contributed by atoms with Crippen molar-refractivity contribution in [2.45, 2.75) is 200 Å². The van der Waals surface area contributed by atoms with Gasteiger partial charge in [-0.2, -0.15) is 0 Å². The lowest BCUT2D eigenvalue weighted by Crippen LogP contribution is -2.37. The molecule has 304 valence electrons. The van der Waals surface area contributed by atoms with Crippen LogP contribution in [0.4, 0.5) is 0 Å². The first-order valence-electron chi connectivity index (χ1n) is 21.1. The summed E-state index contributed by atoms with van der Waals surface area (Å²) in [4.78, 5) is 37.6. The number of phosphoric acid groups is 1. The zero-order valence-corrected chi connectivity index (χ0v) is 35.1. The van der Waals surface area contributed by atoms with E-state index in [-0.39, 0.29) is 32.0 Å². The molecule has 0 aliphatic heterocycles. The van der Waals surface area contributed by atoms with E-state index in [9.17, 15) is 19.0 Å². The molecule has 0 saturated heterocycles. The smallest absolute Gasteiger partial charge is 0.306 e. The maximum absolute atomic E-state index is 12.7. The quantitative estimate of drug-likeness (QED) is 0.0266. The second-order valence-electron chi connectivity index (χ2n) is 16.0. The predicted molar refractivity (Wildman–Crippen MR) is 208 cm³/mol. The van der Waals surface area contributed by atoms with Crippen LogP contribution in [0.25, 0.3) is 0 Å². The average molecular weight is 748 g/mol. The first-order chi connectivity index (χ1) is 24.4. The SMILES string of the molecule is CCCCCCCCCCCCCCCC(=O)O[C@H](COC(=O)CCC(C)CCCCCCCCCCCC)COP(=O)([O-])OCC[N+](C)(C)C. The number of quaternary nitrogens is 1. The zero-order chi connectivity index (χ0) is 38.1. The van der Waals surface area contributed by atoms with Crippen molar-refractivity contribution in [1.29, 1.82) is 0 Å². The molecule has 0 aliphatic rings. The van der Waals surface area contributed by atoms with Crippen LogP contribution in [0.5, 0.6) is 0 Å². The Hall–Kier alpha value is -0.990. The number of hydrogen-bond acceptors (Lipinski definition) is 8. The Balaban J connectivity index is 4.47. The minimum atomic E-state index is -4.62. The number of unbranched alkanes of at least 4 members (excludes halogenated alkanes) is 21. The van der Waals surface area contributed by atoms with Gasteiger partial charge in [0, 0.05) is 12.8 Å². The van der Waals surface area contributed by atoms with Crippen LogP contribution < -0.4 is 4.89 Å². The Morgan fingerprint density at radius 3 is 1.51 bits per heavy atom. The third kappa shape index (κ3) is 37.1. The molecule has 2 unspecified atom stereocenters. The highest BCUT2D eigenvalue weighted by molar-refractivity contribution is 7.45. The fourth-order valence-corrected chi connectivity index (χ4v) is 6.76. The van der Waals surface area contributed by atoms with Crippen molar-refractivity contribution in [2.75, 3.05) is 47.5 Å². The fourth-order valence-electron chi connectivity index (χ4n) is 6.03. The van der Waals surface area contributed by atoms with Gasteiger partial charge in [0.05, 0.1) is 27.7 Å². The van der Waals surface area contributed by atoms with Crippen molar-refractivity contribution >= 4 is 19.8 Å². The number of rotatable bonds is 38. The molecule has 0 spiro atoms. The van der Waals surface area contributed by atoms with Crippen LogP contribution in [-0.4, -0.2) is 70.0 Å². The van der Waals surface area contributed by atoms with Crippen LogP contribution in [-0.2, 0) is 32.7 Å². The van der Waals surface area contributed by atoms with Gasteiger partial charge in [0.2, 0.25) is 0 Å². The molecule has 0 N–H and O–H groups in total. The minimum absolute atomic E-state index is 0.0277. The molecule has 0 aromatic carbocycles. The summed E-state index contributed by atoms with van der Waals surface area (Å²) in [5.41, 5.74) is 0. The number of phosphoric ester groups is 1. The van der Waals surface area contributed by atoms with Gasteiger partial charge in [0.15, 0.2) is 6.10 Å². The molecule has 9 nitrogen and oxygen atoms in total. The molecule has 0 radical (unpaired) electrons. The third-order valence-electron chi connectivity index (χ3n) is 9.53. The van der Waals surface area contributed by atoms with Gasteiger partial charge in [0.1, 0.15) is 19.8 Å². The lowest BCUT2D eigenvalue weighted by molar-refractivity contribution is -0.870. The minimum Gasteiger partial charge on any atom is -0.756 e. The number of carbonyl (C=O) groups excluding carboxylic acids is 2. The Morgan fingerprint density at radius 1 is 0.588 bits per heavy atom. The number of carbonyl (C=O) groups is 2. The summed E-state index contributed by atoms with van der Waals surface area (Å²) < 4.78 is 33.9. The van der Waals surface area contributed by atoms with Gasteiger partial charge in [-0.05, 0) is 18.8 Å². The number of likely N-dealkylation sites (N-methyl/N-ethyl adjacent to an activating group) is 1. The Labute approximate surface area is 314 Å². The normalized spacial score (nSPS) is 14.3. The molecule has 0 aromatic heterocycles. The van der Waals surface area contributed by atoms with E-state index in [0.29, 0.717) is 23.4 Å². The summed E-state index contributed by atoms with van der Waals surface area (Å²) in [5, 5.41) is 0.